The number of nitrogens with zero attached hydrogens (tertiary/aromatic N) is 2. The van der Waals surface area contributed by atoms with E-state index in [0.29, 0.717) is 17.9 Å². The van der Waals surface area contributed by atoms with Crippen LogP contribution in [0.3, 0.4) is 0 Å². The first-order chi connectivity index (χ1) is 15.1. The number of carbonyl (C=O) groups is 1. The summed E-state index contributed by atoms with van der Waals surface area (Å²) >= 11 is 3.45. The summed E-state index contributed by atoms with van der Waals surface area (Å²) < 4.78 is 6.87. The zero-order chi connectivity index (χ0) is 22.1. The molecule has 0 aliphatic heterocycles. The number of benzene rings is 3. The molecule has 0 saturated heterocycles. The fourth-order valence-corrected chi connectivity index (χ4v) is 3.60. The van der Waals surface area contributed by atoms with Crippen LogP contribution in [-0.4, -0.2) is 25.2 Å². The molecule has 0 atom stereocenters. The lowest BCUT2D eigenvalue weighted by Crippen LogP contribution is -2.21. The Kier molecular flexibility index (Phi) is 8.24. The fourth-order valence-electron chi connectivity index (χ4n) is 3.15. The van der Waals surface area contributed by atoms with Crippen molar-refractivity contribution in [2.45, 2.75) is 20.5 Å². The van der Waals surface area contributed by atoms with Crippen molar-refractivity contribution in [2.75, 3.05) is 18.0 Å². The van der Waals surface area contributed by atoms with Crippen molar-refractivity contribution in [3.63, 3.8) is 0 Å². The van der Waals surface area contributed by atoms with Crippen LogP contribution in [0.4, 0.5) is 5.69 Å². The Labute approximate surface area is 191 Å². The molecule has 0 saturated carbocycles. The molecule has 0 fully saturated rings. The van der Waals surface area contributed by atoms with E-state index in [4.69, 9.17) is 4.74 Å². The Bertz CT molecular complexity index is 1030. The Morgan fingerprint density at radius 3 is 2.48 bits per heavy atom. The van der Waals surface area contributed by atoms with Crippen LogP contribution < -0.4 is 15.1 Å². The largest absolute Gasteiger partial charge is 0.488 e. The van der Waals surface area contributed by atoms with E-state index < -0.39 is 0 Å². The van der Waals surface area contributed by atoms with Crippen LogP contribution in [0.15, 0.2) is 82.4 Å². The number of rotatable bonds is 9. The van der Waals surface area contributed by atoms with Crippen LogP contribution in [0.2, 0.25) is 0 Å². The zero-order valence-electron chi connectivity index (χ0n) is 17.7. The normalized spacial score (nSPS) is 10.8. The third-order valence-electron chi connectivity index (χ3n) is 4.82. The fraction of sp³-hybridized carbons (Fsp3) is 0.200. The maximum Gasteiger partial charge on any atom is 0.275 e. The number of halogens is 1. The van der Waals surface area contributed by atoms with E-state index in [1.165, 1.54) is 5.69 Å². The molecule has 0 aromatic heterocycles. The predicted octanol–water partition coefficient (Wildman–Crippen LogP) is 5.64. The van der Waals surface area contributed by atoms with E-state index in [1.807, 2.05) is 42.5 Å². The van der Waals surface area contributed by atoms with E-state index in [1.54, 1.807) is 24.4 Å². The lowest BCUT2D eigenvalue weighted by Gasteiger charge is -2.20. The van der Waals surface area contributed by atoms with Crippen molar-refractivity contribution < 1.29 is 9.53 Å². The topological polar surface area (TPSA) is 53.9 Å². The number of ether oxygens (including phenoxy) is 1. The highest BCUT2D eigenvalue weighted by Gasteiger charge is 2.11. The summed E-state index contributed by atoms with van der Waals surface area (Å²) in [5.41, 5.74) is 6.12. The summed E-state index contributed by atoms with van der Waals surface area (Å²) in [5, 5.41) is 4.10. The second-order valence-electron chi connectivity index (χ2n) is 6.88. The molecule has 0 unspecified atom stereocenters. The highest BCUT2D eigenvalue weighted by Crippen LogP contribution is 2.20. The third-order valence-corrected chi connectivity index (χ3v) is 5.31. The summed E-state index contributed by atoms with van der Waals surface area (Å²) in [4.78, 5) is 14.9. The molecule has 5 nitrogen and oxygen atoms in total. The minimum absolute atomic E-state index is 0.319. The lowest BCUT2D eigenvalue weighted by molar-refractivity contribution is 0.0950. The summed E-state index contributed by atoms with van der Waals surface area (Å²) in [6.45, 7) is 6.56. The van der Waals surface area contributed by atoms with Crippen molar-refractivity contribution in [1.29, 1.82) is 0 Å². The van der Waals surface area contributed by atoms with Crippen LogP contribution in [0.25, 0.3) is 0 Å². The molecule has 3 aromatic carbocycles. The van der Waals surface area contributed by atoms with Gasteiger partial charge in [0.25, 0.3) is 5.91 Å². The molecule has 1 N–H and O–H groups in total. The first-order valence-corrected chi connectivity index (χ1v) is 11.0. The van der Waals surface area contributed by atoms with Gasteiger partial charge in [-0.1, -0.05) is 52.3 Å². The van der Waals surface area contributed by atoms with E-state index in [0.717, 1.165) is 28.7 Å². The second-order valence-corrected chi connectivity index (χ2v) is 7.79. The number of hydrogen-bond acceptors (Lipinski definition) is 4. The van der Waals surface area contributed by atoms with Gasteiger partial charge in [0.05, 0.1) is 11.8 Å². The maximum absolute atomic E-state index is 12.6. The van der Waals surface area contributed by atoms with Crippen LogP contribution >= 0.6 is 15.9 Å². The Morgan fingerprint density at radius 1 is 1.03 bits per heavy atom. The van der Waals surface area contributed by atoms with Gasteiger partial charge < -0.3 is 9.64 Å². The van der Waals surface area contributed by atoms with Gasteiger partial charge in [0.1, 0.15) is 12.4 Å². The molecule has 0 aliphatic rings. The zero-order valence-corrected chi connectivity index (χ0v) is 19.3. The molecule has 0 aliphatic carbocycles. The first-order valence-electron chi connectivity index (χ1n) is 10.3. The van der Waals surface area contributed by atoms with Crippen LogP contribution in [-0.2, 0) is 6.61 Å². The molecule has 6 heteroatoms. The smallest absolute Gasteiger partial charge is 0.275 e. The third kappa shape index (κ3) is 6.43. The quantitative estimate of drug-likeness (QED) is 0.319. The highest BCUT2D eigenvalue weighted by molar-refractivity contribution is 9.10. The first kappa shape index (κ1) is 22.6. The van der Waals surface area contributed by atoms with Crippen molar-refractivity contribution in [2.24, 2.45) is 5.10 Å². The van der Waals surface area contributed by atoms with Gasteiger partial charge in [-0.15, -0.1) is 0 Å². The number of hydrazone groups is 1. The van der Waals surface area contributed by atoms with E-state index >= 15 is 0 Å². The van der Waals surface area contributed by atoms with Gasteiger partial charge in [0.2, 0.25) is 0 Å². The Hall–Kier alpha value is -3.12. The molecule has 0 bridgehead atoms. The van der Waals surface area contributed by atoms with Crippen molar-refractivity contribution in [1.82, 2.24) is 5.43 Å². The van der Waals surface area contributed by atoms with Gasteiger partial charge in [0.15, 0.2) is 0 Å². The highest BCUT2D eigenvalue weighted by atomic mass is 79.9. The van der Waals surface area contributed by atoms with Gasteiger partial charge >= 0.3 is 0 Å². The van der Waals surface area contributed by atoms with Gasteiger partial charge in [0, 0.05) is 23.2 Å². The number of amides is 1. The molecule has 0 radical (unpaired) electrons. The van der Waals surface area contributed by atoms with Crippen LogP contribution in [0.5, 0.6) is 5.75 Å². The summed E-state index contributed by atoms with van der Waals surface area (Å²) in [6.07, 6.45) is 1.63. The average Bonchev–Trinajstić information content (AvgIpc) is 2.80. The monoisotopic (exact) mass is 479 g/mol. The van der Waals surface area contributed by atoms with Gasteiger partial charge in [-0.2, -0.15) is 5.10 Å². The minimum Gasteiger partial charge on any atom is -0.488 e. The summed E-state index contributed by atoms with van der Waals surface area (Å²) in [6, 6.07) is 23.1. The molecular weight excluding hydrogens is 454 g/mol. The van der Waals surface area contributed by atoms with Gasteiger partial charge in [-0.25, -0.2) is 5.43 Å². The molecule has 160 valence electrons. The van der Waals surface area contributed by atoms with Crippen molar-refractivity contribution >= 4 is 33.7 Å². The van der Waals surface area contributed by atoms with Crippen molar-refractivity contribution in [3.8, 4) is 5.75 Å². The number of para-hydroxylation sites is 1. The Balaban J connectivity index is 1.61. The molecular formula is C25H26BrN3O2. The van der Waals surface area contributed by atoms with E-state index in [-0.39, 0.29) is 5.91 Å². The molecule has 31 heavy (non-hydrogen) atoms. The summed E-state index contributed by atoms with van der Waals surface area (Å²) in [7, 11) is 0. The number of carbonyl (C=O) groups excluding carboxylic acids is 1. The van der Waals surface area contributed by atoms with E-state index in [2.05, 4.69) is 57.3 Å². The van der Waals surface area contributed by atoms with Crippen LogP contribution in [0, 0.1) is 0 Å². The second kappa shape index (κ2) is 11.3. The van der Waals surface area contributed by atoms with Crippen LogP contribution in [0.1, 0.15) is 35.3 Å². The number of hydrogen-bond donors (Lipinski definition) is 1. The summed E-state index contributed by atoms with van der Waals surface area (Å²) in [5.74, 6) is 0.194. The predicted molar refractivity (Wildman–Crippen MR) is 130 cm³/mol. The molecule has 0 spiro atoms. The van der Waals surface area contributed by atoms with Gasteiger partial charge in [-0.3, -0.25) is 4.79 Å². The SMILES string of the molecule is CCN(CC)c1ccc(/C=N/NC(=O)c2ccccc2OCc2cccc(Br)c2)cc1. The standard InChI is InChI=1S/C25H26BrN3O2/c1-3-29(4-2)22-14-12-19(13-15-22)17-27-28-25(30)23-10-5-6-11-24(23)31-18-20-8-7-9-21(26)16-20/h5-17H,3-4,18H2,1-2H3,(H,28,30)/b27-17+. The van der Waals surface area contributed by atoms with Gasteiger partial charge in [-0.05, 0) is 61.4 Å². The Morgan fingerprint density at radius 2 is 1.77 bits per heavy atom. The molecule has 3 aromatic rings. The lowest BCUT2D eigenvalue weighted by atomic mass is 10.2. The molecule has 1 amide bonds. The van der Waals surface area contributed by atoms with Crippen molar-refractivity contribution in [3.05, 3.63) is 94.0 Å². The van der Waals surface area contributed by atoms with E-state index in [9.17, 15) is 4.79 Å². The molecule has 0 heterocycles. The number of anilines is 1. The molecule has 3 rings (SSSR count). The maximum atomic E-state index is 12.6. The average molecular weight is 480 g/mol. The number of nitrogens with one attached hydrogen (secondary N) is 1. The minimum atomic E-state index is -0.319.